The van der Waals surface area contributed by atoms with E-state index in [0.717, 1.165) is 22.4 Å². The zero-order valence-corrected chi connectivity index (χ0v) is 20.8. The molecule has 0 saturated carbocycles. The van der Waals surface area contributed by atoms with Crippen LogP contribution in [0.4, 0.5) is 16.2 Å². The number of anilines is 2. The molecule has 1 heterocycles. The first-order chi connectivity index (χ1) is 16.2. The number of benzene rings is 2. The minimum absolute atomic E-state index is 0.158. The number of allylic oxidation sites excluding steroid dienone is 1. The van der Waals surface area contributed by atoms with Crippen molar-refractivity contribution in [3.05, 3.63) is 70.4 Å². The number of hydrogen-bond acceptors (Lipinski definition) is 5. The van der Waals surface area contributed by atoms with Crippen LogP contribution in [0.3, 0.4) is 0 Å². The van der Waals surface area contributed by atoms with E-state index >= 15 is 0 Å². The quantitative estimate of drug-likeness (QED) is 0.308. The Morgan fingerprint density at radius 2 is 1.68 bits per heavy atom. The Kier molecular flexibility index (Phi) is 8.25. The third-order valence-electron chi connectivity index (χ3n) is 5.72. The van der Waals surface area contributed by atoms with Crippen LogP contribution in [-0.2, 0) is 14.3 Å². The zero-order valence-electron chi connectivity index (χ0n) is 20.0. The first-order valence-electron chi connectivity index (χ1n) is 10.9. The summed E-state index contributed by atoms with van der Waals surface area (Å²) in [6, 6.07) is 12.3. The predicted molar refractivity (Wildman–Crippen MR) is 137 cm³/mol. The van der Waals surface area contributed by atoms with Crippen molar-refractivity contribution in [1.29, 1.82) is 0 Å². The van der Waals surface area contributed by atoms with E-state index in [4.69, 9.17) is 21.7 Å². The average Bonchev–Trinajstić information content (AvgIpc) is 2.80. The molecular weight excluding hydrogens is 452 g/mol. The summed E-state index contributed by atoms with van der Waals surface area (Å²) in [6.45, 7) is 6.20. The molecule has 34 heavy (non-hydrogen) atoms. The molecule has 0 fully saturated rings. The first-order valence-corrected chi connectivity index (χ1v) is 11.3. The zero-order chi connectivity index (χ0) is 24.8. The molecule has 9 heteroatoms. The molecule has 180 valence electrons. The molecule has 0 bridgehead atoms. The number of rotatable bonds is 7. The number of para-hydroxylation sites is 1. The van der Waals surface area contributed by atoms with E-state index in [1.54, 1.807) is 31.2 Å². The number of carbonyl (C=O) groups is 2. The summed E-state index contributed by atoms with van der Waals surface area (Å²) in [7, 11) is 3.35. The van der Waals surface area contributed by atoms with Gasteiger partial charge in [-0.05, 0) is 61.8 Å². The fourth-order valence-corrected chi connectivity index (χ4v) is 3.95. The van der Waals surface area contributed by atoms with Gasteiger partial charge in [-0.3, -0.25) is 0 Å². The van der Waals surface area contributed by atoms with Gasteiger partial charge in [-0.1, -0.05) is 30.3 Å². The summed E-state index contributed by atoms with van der Waals surface area (Å²) in [5.41, 5.74) is 5.38. The van der Waals surface area contributed by atoms with Gasteiger partial charge >= 0.3 is 12.0 Å². The van der Waals surface area contributed by atoms with Crippen molar-refractivity contribution < 1.29 is 19.1 Å². The van der Waals surface area contributed by atoms with Crippen LogP contribution in [0.1, 0.15) is 29.7 Å². The molecule has 3 N–H and O–H groups in total. The summed E-state index contributed by atoms with van der Waals surface area (Å²) in [5, 5.41) is 9.46. The number of amides is 2. The summed E-state index contributed by atoms with van der Waals surface area (Å²) < 4.78 is 10.4. The molecule has 3 rings (SSSR count). The van der Waals surface area contributed by atoms with Gasteiger partial charge in [0.15, 0.2) is 5.11 Å². The van der Waals surface area contributed by atoms with Crippen LogP contribution >= 0.6 is 12.2 Å². The smallest absolute Gasteiger partial charge is 0.338 e. The number of aryl methyl sites for hydroxylation is 2. The number of nitrogens with zero attached hydrogens (tertiary/aromatic N) is 1. The lowest BCUT2D eigenvalue weighted by Crippen LogP contribution is -2.46. The molecule has 0 saturated heterocycles. The van der Waals surface area contributed by atoms with E-state index in [0.29, 0.717) is 28.7 Å². The van der Waals surface area contributed by atoms with Crippen molar-refractivity contribution in [3.63, 3.8) is 0 Å². The summed E-state index contributed by atoms with van der Waals surface area (Å²) in [4.78, 5) is 27.1. The number of ether oxygens (including phenoxy) is 2. The lowest BCUT2D eigenvalue weighted by molar-refractivity contribution is -0.140. The van der Waals surface area contributed by atoms with Gasteiger partial charge in [0.25, 0.3) is 0 Å². The molecule has 2 aromatic carbocycles. The highest BCUT2D eigenvalue weighted by Gasteiger charge is 2.33. The van der Waals surface area contributed by atoms with Crippen LogP contribution in [0.2, 0.25) is 0 Å². The van der Waals surface area contributed by atoms with Gasteiger partial charge in [0, 0.05) is 31.2 Å². The van der Waals surface area contributed by atoms with Crippen molar-refractivity contribution in [1.82, 2.24) is 10.2 Å². The van der Waals surface area contributed by atoms with E-state index < -0.39 is 12.0 Å². The molecular formula is C25H30N4O4S. The van der Waals surface area contributed by atoms with Crippen LogP contribution in [0, 0.1) is 13.8 Å². The largest absolute Gasteiger partial charge is 0.460 e. The van der Waals surface area contributed by atoms with Gasteiger partial charge < -0.3 is 30.3 Å². The van der Waals surface area contributed by atoms with E-state index in [2.05, 4.69) is 16.0 Å². The van der Waals surface area contributed by atoms with Crippen molar-refractivity contribution in [2.75, 3.05) is 38.0 Å². The molecule has 0 radical (unpaired) electrons. The molecule has 1 aliphatic rings. The molecule has 2 aromatic rings. The number of carbonyl (C=O) groups excluding carboxylic acids is 2. The summed E-state index contributed by atoms with van der Waals surface area (Å²) in [6.07, 6.45) is 0. The first kappa shape index (κ1) is 25.2. The second-order valence-corrected chi connectivity index (χ2v) is 8.42. The van der Waals surface area contributed by atoms with Crippen molar-refractivity contribution >= 4 is 40.7 Å². The van der Waals surface area contributed by atoms with Crippen LogP contribution in [0.5, 0.6) is 0 Å². The van der Waals surface area contributed by atoms with Crippen LogP contribution in [0.25, 0.3) is 0 Å². The normalized spacial score (nSPS) is 15.6. The Morgan fingerprint density at radius 1 is 1.03 bits per heavy atom. The van der Waals surface area contributed by atoms with Crippen molar-refractivity contribution in [3.8, 4) is 0 Å². The van der Waals surface area contributed by atoms with Gasteiger partial charge in [0.1, 0.15) is 6.61 Å². The second-order valence-electron chi connectivity index (χ2n) is 8.04. The third-order valence-corrected chi connectivity index (χ3v) is 6.11. The molecule has 2 amide bonds. The predicted octanol–water partition coefficient (Wildman–Crippen LogP) is 4.27. The Labute approximate surface area is 205 Å². The number of hydrogen-bond donors (Lipinski definition) is 3. The number of nitrogens with one attached hydrogen (secondary N) is 3. The summed E-state index contributed by atoms with van der Waals surface area (Å²) >= 11 is 5.44. The minimum Gasteiger partial charge on any atom is -0.460 e. The number of esters is 1. The van der Waals surface area contributed by atoms with E-state index in [1.807, 2.05) is 51.1 Å². The van der Waals surface area contributed by atoms with Crippen molar-refractivity contribution in [2.45, 2.75) is 26.8 Å². The number of thiocarbonyl (C=S) groups is 1. The van der Waals surface area contributed by atoms with Gasteiger partial charge in [-0.2, -0.15) is 0 Å². The standard InChI is InChI=1S/C25H30N4O4S/c1-15-7-6-8-16(2)21(15)27-24(31)26-19-11-9-18(10-12-19)22-20(23(30)33-14-13-32-5)17(3)29(4)25(34)28-22/h6-12,22H,13-14H2,1-5H3,(H,28,34)(H2,26,27,31)/t22-/m1/s1. The topological polar surface area (TPSA) is 91.9 Å². The molecule has 1 aliphatic heterocycles. The van der Waals surface area contributed by atoms with E-state index in [9.17, 15) is 9.59 Å². The lowest BCUT2D eigenvalue weighted by Gasteiger charge is -2.35. The fraction of sp³-hybridized carbons (Fsp3) is 0.320. The van der Waals surface area contributed by atoms with Crippen molar-refractivity contribution in [2.24, 2.45) is 0 Å². The van der Waals surface area contributed by atoms with Gasteiger partial charge in [0.05, 0.1) is 18.2 Å². The maximum atomic E-state index is 12.8. The Bertz CT molecular complexity index is 1090. The maximum Gasteiger partial charge on any atom is 0.338 e. The van der Waals surface area contributed by atoms with Gasteiger partial charge in [-0.25, -0.2) is 9.59 Å². The third kappa shape index (κ3) is 5.73. The van der Waals surface area contributed by atoms with Crippen LogP contribution < -0.4 is 16.0 Å². The summed E-state index contributed by atoms with van der Waals surface area (Å²) in [5.74, 6) is -0.434. The molecule has 8 nitrogen and oxygen atoms in total. The monoisotopic (exact) mass is 482 g/mol. The van der Waals surface area contributed by atoms with E-state index in [1.165, 1.54) is 0 Å². The molecule has 0 aromatic heterocycles. The molecule has 0 aliphatic carbocycles. The number of methoxy groups -OCH3 is 1. The van der Waals surface area contributed by atoms with Crippen LogP contribution in [-0.4, -0.2) is 49.4 Å². The highest BCUT2D eigenvalue weighted by molar-refractivity contribution is 7.80. The average molecular weight is 483 g/mol. The fourth-order valence-electron chi connectivity index (χ4n) is 3.69. The lowest BCUT2D eigenvalue weighted by atomic mass is 9.95. The van der Waals surface area contributed by atoms with Crippen LogP contribution in [0.15, 0.2) is 53.7 Å². The van der Waals surface area contributed by atoms with E-state index in [-0.39, 0.29) is 12.6 Å². The molecule has 0 spiro atoms. The SMILES string of the molecule is COCCOC(=O)C1=C(C)N(C)C(=S)N[C@@H]1c1ccc(NC(=O)Nc2c(C)cccc2C)cc1. The Morgan fingerprint density at radius 3 is 2.29 bits per heavy atom. The maximum absolute atomic E-state index is 12.8. The Balaban J connectivity index is 1.77. The minimum atomic E-state index is -0.476. The second kappa shape index (κ2) is 11.1. The van der Waals surface area contributed by atoms with Gasteiger partial charge in [-0.15, -0.1) is 0 Å². The molecule has 0 unspecified atom stereocenters. The number of urea groups is 1. The molecule has 1 atom stereocenters. The Hall–Kier alpha value is -3.43. The van der Waals surface area contributed by atoms with Gasteiger partial charge in [0.2, 0.25) is 0 Å². The highest BCUT2D eigenvalue weighted by atomic mass is 32.1. The highest BCUT2D eigenvalue weighted by Crippen LogP contribution is 2.31.